The van der Waals surface area contributed by atoms with Crippen molar-refractivity contribution < 1.29 is 9.53 Å². The number of nitrogens with zero attached hydrogens (tertiary/aromatic N) is 3. The molecule has 1 atom stereocenters. The second kappa shape index (κ2) is 9.83. The van der Waals surface area contributed by atoms with Crippen molar-refractivity contribution in [3.8, 4) is 0 Å². The highest BCUT2D eigenvalue weighted by Gasteiger charge is 2.25. The molecule has 4 N–H and O–H groups in total. The van der Waals surface area contributed by atoms with Crippen molar-refractivity contribution in [1.82, 2.24) is 15.6 Å². The predicted octanol–water partition coefficient (Wildman–Crippen LogP) is 0.0947. The van der Waals surface area contributed by atoms with Gasteiger partial charge in [-0.15, -0.1) is 0 Å². The van der Waals surface area contributed by atoms with Gasteiger partial charge in [-0.05, 0) is 18.9 Å². The molecule has 0 aliphatic carbocycles. The van der Waals surface area contributed by atoms with Crippen LogP contribution in [0.3, 0.4) is 0 Å². The Bertz CT molecular complexity index is 592. The Kier molecular flexibility index (Phi) is 7.46. The number of guanidine groups is 1. The van der Waals surface area contributed by atoms with E-state index in [0.717, 1.165) is 30.8 Å². The van der Waals surface area contributed by atoms with Crippen molar-refractivity contribution in [2.75, 3.05) is 45.3 Å². The highest BCUT2D eigenvalue weighted by molar-refractivity contribution is 5.80. The van der Waals surface area contributed by atoms with Crippen molar-refractivity contribution in [2.24, 2.45) is 16.6 Å². The molecule has 1 aromatic heterocycles. The maximum absolute atomic E-state index is 11.5. The smallest absolute Gasteiger partial charge is 0.222 e. The number of aromatic nitrogens is 1. The first-order valence-electron chi connectivity index (χ1n) is 8.57. The van der Waals surface area contributed by atoms with Crippen LogP contribution in [0.1, 0.15) is 18.4 Å². The lowest BCUT2D eigenvalue weighted by atomic mass is 9.97. The van der Waals surface area contributed by atoms with Gasteiger partial charge in [-0.25, -0.2) is 4.98 Å². The first-order valence-corrected chi connectivity index (χ1v) is 8.57. The Morgan fingerprint density at radius 1 is 1.52 bits per heavy atom. The van der Waals surface area contributed by atoms with Gasteiger partial charge in [0.25, 0.3) is 0 Å². The molecule has 138 valence electrons. The monoisotopic (exact) mass is 348 g/mol. The van der Waals surface area contributed by atoms with E-state index in [1.807, 2.05) is 12.1 Å². The van der Waals surface area contributed by atoms with E-state index in [-0.39, 0.29) is 11.8 Å². The minimum absolute atomic E-state index is 0.111. The minimum Gasteiger partial charge on any atom is -0.383 e. The van der Waals surface area contributed by atoms with Crippen molar-refractivity contribution in [3.63, 3.8) is 0 Å². The lowest BCUT2D eigenvalue weighted by Gasteiger charge is -2.33. The van der Waals surface area contributed by atoms with E-state index in [1.165, 1.54) is 0 Å². The zero-order valence-corrected chi connectivity index (χ0v) is 15.0. The minimum atomic E-state index is -0.233. The van der Waals surface area contributed by atoms with Gasteiger partial charge in [-0.3, -0.25) is 9.79 Å². The van der Waals surface area contributed by atoms with Gasteiger partial charge in [0.1, 0.15) is 5.82 Å². The number of ether oxygens (including phenoxy) is 1. The summed E-state index contributed by atoms with van der Waals surface area (Å²) in [6.07, 6.45) is 3.57. The standard InChI is InChI=1S/C17H28N6O2/c1-19-17(21-8-10-25-2)22-11-13-5-3-7-20-16(13)23-9-4-6-14(12-23)15(18)24/h3,5,7,14H,4,6,8-12H2,1-2H3,(H2,18,24)(H2,19,21,22). The number of amides is 1. The van der Waals surface area contributed by atoms with Gasteiger partial charge >= 0.3 is 0 Å². The topological polar surface area (TPSA) is 105 Å². The van der Waals surface area contributed by atoms with Gasteiger partial charge < -0.3 is 26.0 Å². The maximum Gasteiger partial charge on any atom is 0.222 e. The predicted molar refractivity (Wildman–Crippen MR) is 98.4 cm³/mol. The van der Waals surface area contributed by atoms with Crippen LogP contribution in [0.4, 0.5) is 5.82 Å². The van der Waals surface area contributed by atoms with Gasteiger partial charge in [-0.1, -0.05) is 6.07 Å². The Balaban J connectivity index is 2.01. The summed E-state index contributed by atoms with van der Waals surface area (Å²) < 4.78 is 5.03. The number of nitrogens with one attached hydrogen (secondary N) is 2. The molecule has 25 heavy (non-hydrogen) atoms. The summed E-state index contributed by atoms with van der Waals surface area (Å²) in [6, 6.07) is 3.95. The van der Waals surface area contributed by atoms with Crippen LogP contribution in [0.15, 0.2) is 23.3 Å². The van der Waals surface area contributed by atoms with Crippen LogP contribution in [-0.4, -0.2) is 57.2 Å². The van der Waals surface area contributed by atoms with Crippen molar-refractivity contribution in [2.45, 2.75) is 19.4 Å². The third-order valence-corrected chi connectivity index (χ3v) is 4.26. The summed E-state index contributed by atoms with van der Waals surface area (Å²) in [7, 11) is 3.39. The van der Waals surface area contributed by atoms with Gasteiger partial charge in [0.05, 0.1) is 12.5 Å². The quantitative estimate of drug-likeness (QED) is 0.367. The number of nitrogens with two attached hydrogens (primary N) is 1. The van der Waals surface area contributed by atoms with E-state index >= 15 is 0 Å². The number of pyridine rings is 1. The highest BCUT2D eigenvalue weighted by atomic mass is 16.5. The summed E-state index contributed by atoms with van der Waals surface area (Å²) in [6.45, 7) is 3.39. The fourth-order valence-electron chi connectivity index (χ4n) is 2.93. The van der Waals surface area contributed by atoms with E-state index in [1.54, 1.807) is 20.4 Å². The largest absolute Gasteiger partial charge is 0.383 e. The normalized spacial score (nSPS) is 18.1. The molecule has 0 saturated carbocycles. The van der Waals surface area contributed by atoms with Crippen LogP contribution in [-0.2, 0) is 16.1 Å². The summed E-state index contributed by atoms with van der Waals surface area (Å²) >= 11 is 0. The first kappa shape index (κ1) is 19.0. The zero-order valence-electron chi connectivity index (χ0n) is 15.0. The van der Waals surface area contributed by atoms with E-state index < -0.39 is 0 Å². The second-order valence-corrected chi connectivity index (χ2v) is 6.02. The van der Waals surface area contributed by atoms with Gasteiger partial charge in [0.15, 0.2) is 5.96 Å². The average Bonchev–Trinajstić information content (AvgIpc) is 2.65. The summed E-state index contributed by atoms with van der Waals surface area (Å²) in [5.41, 5.74) is 6.55. The van der Waals surface area contributed by atoms with Crippen LogP contribution >= 0.6 is 0 Å². The molecule has 0 aromatic carbocycles. The SMILES string of the molecule is CN=C(NCCOC)NCc1cccnc1N1CCCC(C(N)=O)C1. The number of hydrogen-bond acceptors (Lipinski definition) is 5. The number of anilines is 1. The molecule has 1 fully saturated rings. The third kappa shape index (κ3) is 5.60. The Labute approximate surface area is 148 Å². The molecule has 1 aliphatic rings. The summed E-state index contributed by atoms with van der Waals surface area (Å²) in [5.74, 6) is 1.26. The number of piperidine rings is 1. The molecular weight excluding hydrogens is 320 g/mol. The molecule has 1 saturated heterocycles. The fourth-order valence-corrected chi connectivity index (χ4v) is 2.93. The highest BCUT2D eigenvalue weighted by Crippen LogP contribution is 2.24. The maximum atomic E-state index is 11.5. The Morgan fingerprint density at radius 2 is 2.36 bits per heavy atom. The van der Waals surface area contributed by atoms with Gasteiger partial charge in [-0.2, -0.15) is 0 Å². The molecule has 1 aromatic rings. The number of aliphatic imine (C=N–C) groups is 1. The Morgan fingerprint density at radius 3 is 3.08 bits per heavy atom. The number of hydrogen-bond donors (Lipinski definition) is 3. The molecule has 1 aliphatic heterocycles. The van der Waals surface area contributed by atoms with E-state index in [4.69, 9.17) is 10.5 Å². The molecule has 0 radical (unpaired) electrons. The Hall–Kier alpha value is -2.35. The number of methoxy groups -OCH3 is 1. The molecule has 2 rings (SSSR count). The molecule has 2 heterocycles. The van der Waals surface area contributed by atoms with Crippen LogP contribution in [0.2, 0.25) is 0 Å². The molecule has 0 bridgehead atoms. The van der Waals surface area contributed by atoms with Gasteiger partial charge in [0.2, 0.25) is 5.91 Å². The van der Waals surface area contributed by atoms with Crippen LogP contribution < -0.4 is 21.3 Å². The van der Waals surface area contributed by atoms with E-state index in [0.29, 0.717) is 32.2 Å². The second-order valence-electron chi connectivity index (χ2n) is 6.02. The number of carbonyl (C=O) groups excluding carboxylic acids is 1. The average molecular weight is 348 g/mol. The zero-order chi connectivity index (χ0) is 18.1. The fraction of sp³-hybridized carbons (Fsp3) is 0.588. The van der Waals surface area contributed by atoms with Gasteiger partial charge in [0, 0.05) is 52.1 Å². The first-order chi connectivity index (χ1) is 12.2. The number of primary amides is 1. The van der Waals surface area contributed by atoms with Crippen molar-refractivity contribution in [3.05, 3.63) is 23.9 Å². The molecule has 0 spiro atoms. The molecule has 1 amide bonds. The van der Waals surface area contributed by atoms with Crippen LogP contribution in [0.25, 0.3) is 0 Å². The van der Waals surface area contributed by atoms with Crippen LogP contribution in [0, 0.1) is 5.92 Å². The van der Waals surface area contributed by atoms with Crippen molar-refractivity contribution >= 4 is 17.7 Å². The van der Waals surface area contributed by atoms with Crippen LogP contribution in [0.5, 0.6) is 0 Å². The summed E-state index contributed by atoms with van der Waals surface area (Å²) in [5, 5.41) is 6.46. The van der Waals surface area contributed by atoms with E-state index in [2.05, 4.69) is 25.5 Å². The number of carbonyl (C=O) groups is 1. The lowest BCUT2D eigenvalue weighted by Crippen LogP contribution is -2.42. The summed E-state index contributed by atoms with van der Waals surface area (Å²) in [4.78, 5) is 22.4. The van der Waals surface area contributed by atoms with Crippen molar-refractivity contribution in [1.29, 1.82) is 0 Å². The van der Waals surface area contributed by atoms with E-state index in [9.17, 15) is 4.79 Å². The molecule has 8 nitrogen and oxygen atoms in total. The molecule has 8 heteroatoms. The lowest BCUT2D eigenvalue weighted by molar-refractivity contribution is -0.122. The molecule has 1 unspecified atom stereocenters. The number of rotatable bonds is 7. The third-order valence-electron chi connectivity index (χ3n) is 4.26. The molecular formula is C17H28N6O2.